The molecule has 1 heterocycles. The zero-order chi connectivity index (χ0) is 8.13. The van der Waals surface area contributed by atoms with E-state index in [-0.39, 0.29) is 0 Å². The van der Waals surface area contributed by atoms with Gasteiger partial charge < -0.3 is 4.74 Å². The molecule has 3 fully saturated rings. The summed E-state index contributed by atoms with van der Waals surface area (Å²) in [6, 6.07) is 0. The van der Waals surface area contributed by atoms with Crippen molar-refractivity contribution in [3.8, 4) is 0 Å². The van der Waals surface area contributed by atoms with Gasteiger partial charge in [0.1, 0.15) is 0 Å². The van der Waals surface area contributed by atoms with Gasteiger partial charge in [-0.05, 0) is 37.0 Å². The molecule has 0 bridgehead atoms. The third-order valence-corrected chi connectivity index (χ3v) is 4.29. The van der Waals surface area contributed by atoms with Gasteiger partial charge in [-0.3, -0.25) is 0 Å². The van der Waals surface area contributed by atoms with E-state index in [1.807, 2.05) is 0 Å². The summed E-state index contributed by atoms with van der Waals surface area (Å²) in [5.41, 5.74) is 0. The summed E-state index contributed by atoms with van der Waals surface area (Å²) >= 11 is 0. The molecule has 1 heteroatoms. The van der Waals surface area contributed by atoms with Crippen molar-refractivity contribution < 1.29 is 4.74 Å². The Labute approximate surface area is 74.5 Å². The molecule has 1 saturated heterocycles. The number of hydrogen-bond acceptors (Lipinski definition) is 1. The second kappa shape index (κ2) is 2.47. The van der Waals surface area contributed by atoms with Gasteiger partial charge in [0.2, 0.25) is 0 Å². The minimum Gasteiger partial charge on any atom is -0.369 e. The van der Waals surface area contributed by atoms with Crippen LogP contribution in [0, 0.1) is 17.8 Å². The summed E-state index contributed by atoms with van der Waals surface area (Å²) in [5.74, 6) is 3.16. The van der Waals surface area contributed by atoms with Gasteiger partial charge in [0.25, 0.3) is 0 Å². The number of rotatable bonds is 2. The van der Waals surface area contributed by atoms with Crippen molar-refractivity contribution in [2.75, 3.05) is 0 Å². The second-order valence-electron chi connectivity index (χ2n) is 4.80. The van der Waals surface area contributed by atoms with E-state index in [1.54, 1.807) is 0 Å². The minimum absolute atomic E-state index is 0.650. The van der Waals surface area contributed by atoms with Crippen LogP contribution in [0.2, 0.25) is 0 Å². The average molecular weight is 166 g/mol. The van der Waals surface area contributed by atoms with Crippen molar-refractivity contribution in [1.29, 1.82) is 0 Å². The predicted octanol–water partition coefficient (Wildman–Crippen LogP) is 2.60. The fraction of sp³-hybridized carbons (Fsp3) is 1.00. The van der Waals surface area contributed by atoms with Crippen molar-refractivity contribution in [2.45, 2.75) is 51.2 Å². The molecular formula is C11H18O. The van der Waals surface area contributed by atoms with Gasteiger partial charge in [-0.2, -0.15) is 0 Å². The van der Waals surface area contributed by atoms with E-state index in [1.165, 1.54) is 32.1 Å². The summed E-state index contributed by atoms with van der Waals surface area (Å²) in [7, 11) is 0. The number of ether oxygens (including phenoxy) is 1. The number of hydrogen-bond donors (Lipinski definition) is 0. The zero-order valence-corrected chi connectivity index (χ0v) is 7.83. The third kappa shape index (κ3) is 0.891. The fourth-order valence-electron chi connectivity index (χ4n) is 3.49. The van der Waals surface area contributed by atoms with Gasteiger partial charge >= 0.3 is 0 Å². The van der Waals surface area contributed by atoms with Gasteiger partial charge in [-0.15, -0.1) is 0 Å². The van der Waals surface area contributed by atoms with Crippen LogP contribution >= 0.6 is 0 Å². The maximum atomic E-state index is 5.68. The highest BCUT2D eigenvalue weighted by Crippen LogP contribution is 2.56. The topological polar surface area (TPSA) is 12.5 Å². The highest BCUT2D eigenvalue weighted by atomic mass is 16.6. The lowest BCUT2D eigenvalue weighted by atomic mass is 9.65. The lowest BCUT2D eigenvalue weighted by Gasteiger charge is -2.39. The largest absolute Gasteiger partial charge is 0.369 e. The lowest BCUT2D eigenvalue weighted by molar-refractivity contribution is 0.0744. The van der Waals surface area contributed by atoms with Crippen molar-refractivity contribution in [1.82, 2.24) is 0 Å². The predicted molar refractivity (Wildman–Crippen MR) is 47.9 cm³/mol. The molecular weight excluding hydrogens is 148 g/mol. The minimum atomic E-state index is 0.650. The molecule has 5 atom stereocenters. The molecule has 2 saturated carbocycles. The summed E-state index contributed by atoms with van der Waals surface area (Å²) in [4.78, 5) is 0. The monoisotopic (exact) mass is 166 g/mol. The van der Waals surface area contributed by atoms with Crippen molar-refractivity contribution >= 4 is 0 Å². The second-order valence-corrected chi connectivity index (χ2v) is 4.80. The van der Waals surface area contributed by atoms with Crippen LogP contribution in [0.25, 0.3) is 0 Å². The molecule has 2 aliphatic carbocycles. The van der Waals surface area contributed by atoms with Crippen LogP contribution in [-0.4, -0.2) is 12.2 Å². The Morgan fingerprint density at radius 1 is 1.25 bits per heavy atom. The van der Waals surface area contributed by atoms with E-state index in [0.717, 1.165) is 17.8 Å². The first kappa shape index (κ1) is 7.37. The number of fused-ring (bicyclic) bond motifs is 1. The highest BCUT2D eigenvalue weighted by Gasteiger charge is 2.55. The normalized spacial score (nSPS) is 56.2. The Kier molecular flexibility index (Phi) is 1.52. The van der Waals surface area contributed by atoms with Gasteiger partial charge in [0.05, 0.1) is 12.2 Å². The van der Waals surface area contributed by atoms with Crippen LogP contribution in [0.15, 0.2) is 0 Å². The van der Waals surface area contributed by atoms with E-state index in [4.69, 9.17) is 4.74 Å². The SMILES string of the molecule is CCC1OC1C1CC2CCCC21. The summed E-state index contributed by atoms with van der Waals surface area (Å²) in [5, 5.41) is 0. The van der Waals surface area contributed by atoms with Gasteiger partial charge in [0.15, 0.2) is 0 Å². The highest BCUT2D eigenvalue weighted by molar-refractivity contribution is 5.03. The molecule has 5 unspecified atom stereocenters. The van der Waals surface area contributed by atoms with Crippen LogP contribution < -0.4 is 0 Å². The molecule has 0 radical (unpaired) electrons. The standard InChI is InChI=1S/C11H18O/c1-2-10-11(12-10)9-6-7-4-3-5-8(7)9/h7-11H,2-6H2,1H3. The summed E-state index contributed by atoms with van der Waals surface area (Å²) in [6.07, 6.45) is 8.58. The molecule has 0 aromatic rings. The van der Waals surface area contributed by atoms with Crippen LogP contribution in [0.5, 0.6) is 0 Å². The maximum Gasteiger partial charge on any atom is 0.0872 e. The molecule has 1 nitrogen and oxygen atoms in total. The first-order chi connectivity index (χ1) is 5.90. The quantitative estimate of drug-likeness (QED) is 0.574. The van der Waals surface area contributed by atoms with Crippen LogP contribution in [0.1, 0.15) is 39.0 Å². The van der Waals surface area contributed by atoms with Crippen molar-refractivity contribution in [3.05, 3.63) is 0 Å². The molecule has 0 N–H and O–H groups in total. The Hall–Kier alpha value is -0.0400. The average Bonchev–Trinajstić information content (AvgIpc) is 2.72. The first-order valence-corrected chi connectivity index (χ1v) is 5.55. The molecule has 68 valence electrons. The van der Waals surface area contributed by atoms with E-state index < -0.39 is 0 Å². The summed E-state index contributed by atoms with van der Waals surface area (Å²) in [6.45, 7) is 2.25. The van der Waals surface area contributed by atoms with Crippen molar-refractivity contribution in [3.63, 3.8) is 0 Å². The smallest absolute Gasteiger partial charge is 0.0872 e. The number of epoxide rings is 1. The van der Waals surface area contributed by atoms with Gasteiger partial charge in [0, 0.05) is 0 Å². The Morgan fingerprint density at radius 2 is 2.17 bits per heavy atom. The van der Waals surface area contributed by atoms with E-state index in [9.17, 15) is 0 Å². The van der Waals surface area contributed by atoms with Crippen LogP contribution in [-0.2, 0) is 4.74 Å². The molecule has 3 aliphatic rings. The molecule has 0 spiro atoms. The van der Waals surface area contributed by atoms with Crippen LogP contribution in [0.4, 0.5) is 0 Å². The Morgan fingerprint density at radius 3 is 2.83 bits per heavy atom. The molecule has 1 aliphatic heterocycles. The van der Waals surface area contributed by atoms with Crippen molar-refractivity contribution in [2.24, 2.45) is 17.8 Å². The molecule has 0 aromatic carbocycles. The van der Waals surface area contributed by atoms with Gasteiger partial charge in [-0.1, -0.05) is 19.8 Å². The Bertz CT molecular complexity index is 189. The lowest BCUT2D eigenvalue weighted by Crippen LogP contribution is -2.36. The first-order valence-electron chi connectivity index (χ1n) is 5.55. The van der Waals surface area contributed by atoms with Crippen LogP contribution in [0.3, 0.4) is 0 Å². The zero-order valence-electron chi connectivity index (χ0n) is 7.83. The summed E-state index contributed by atoms with van der Waals surface area (Å²) < 4.78 is 5.68. The molecule has 3 rings (SSSR count). The van der Waals surface area contributed by atoms with E-state index in [0.29, 0.717) is 12.2 Å². The van der Waals surface area contributed by atoms with Gasteiger partial charge in [-0.25, -0.2) is 0 Å². The third-order valence-electron chi connectivity index (χ3n) is 4.29. The van der Waals surface area contributed by atoms with E-state index in [2.05, 4.69) is 6.92 Å². The molecule has 12 heavy (non-hydrogen) atoms. The van der Waals surface area contributed by atoms with E-state index >= 15 is 0 Å². The molecule has 0 aromatic heterocycles. The Balaban J connectivity index is 1.60. The fourth-order valence-corrected chi connectivity index (χ4v) is 3.49. The maximum absolute atomic E-state index is 5.68. The molecule has 0 amide bonds.